The third-order valence-electron chi connectivity index (χ3n) is 1.50. The van der Waals surface area contributed by atoms with E-state index in [-0.39, 0.29) is 5.56 Å². The summed E-state index contributed by atoms with van der Waals surface area (Å²) in [7, 11) is 0. The third kappa shape index (κ3) is 2.37. The van der Waals surface area contributed by atoms with E-state index in [9.17, 15) is 9.59 Å². The number of hydrogen-bond donors (Lipinski definition) is 3. The van der Waals surface area contributed by atoms with Crippen LogP contribution in [0.15, 0.2) is 29.4 Å². The van der Waals surface area contributed by atoms with Crippen LogP contribution in [-0.4, -0.2) is 11.9 Å². The molecule has 1 aromatic carbocycles. The minimum atomic E-state index is -0.672. The van der Waals surface area contributed by atoms with E-state index in [0.717, 1.165) is 0 Å². The lowest BCUT2D eigenvalue weighted by atomic mass is 10.2. The van der Waals surface area contributed by atoms with E-state index >= 15 is 0 Å². The smallest absolute Gasteiger partial charge is 0.316 e. The van der Waals surface area contributed by atoms with Crippen LogP contribution in [-0.2, 0) is 0 Å². The van der Waals surface area contributed by atoms with Crippen LogP contribution in [0.4, 0.5) is 10.5 Å². The third-order valence-corrected chi connectivity index (χ3v) is 1.50. The van der Waals surface area contributed by atoms with Crippen LogP contribution in [0.3, 0.4) is 0 Å². The molecule has 0 radical (unpaired) electrons. The Balaban J connectivity index is 2.83. The second-order valence-corrected chi connectivity index (χ2v) is 2.48. The number of anilines is 1. The molecule has 6 nitrogen and oxygen atoms in total. The highest BCUT2D eigenvalue weighted by Crippen LogP contribution is 2.09. The van der Waals surface area contributed by atoms with Crippen LogP contribution in [0.5, 0.6) is 0 Å². The van der Waals surface area contributed by atoms with Crippen molar-refractivity contribution in [2.45, 2.75) is 0 Å². The number of rotatable bonds is 2. The summed E-state index contributed by atoms with van der Waals surface area (Å²) in [6, 6.07) is 5.23. The van der Waals surface area contributed by atoms with E-state index in [1.807, 2.05) is 0 Å². The van der Waals surface area contributed by atoms with Crippen molar-refractivity contribution in [3.8, 4) is 0 Å². The predicted octanol–water partition coefficient (Wildman–Crippen LogP) is 1.35. The maximum atomic E-state index is 10.9. The molecule has 0 fully saturated rings. The Labute approximate surface area is 79.6 Å². The van der Waals surface area contributed by atoms with Gasteiger partial charge in [-0.2, -0.15) is 0 Å². The maximum Gasteiger partial charge on any atom is 0.316 e. The van der Waals surface area contributed by atoms with Gasteiger partial charge in [-0.15, -0.1) is 5.11 Å². The Hall–Kier alpha value is -2.24. The van der Waals surface area contributed by atoms with Gasteiger partial charge in [0.05, 0.1) is 0 Å². The van der Waals surface area contributed by atoms with Crippen molar-refractivity contribution < 1.29 is 9.59 Å². The van der Waals surface area contributed by atoms with Crippen molar-refractivity contribution in [1.82, 2.24) is 0 Å². The van der Waals surface area contributed by atoms with Crippen molar-refractivity contribution >= 4 is 17.6 Å². The molecule has 0 bridgehead atoms. The lowest BCUT2D eigenvalue weighted by molar-refractivity contribution is 0.0991. The van der Waals surface area contributed by atoms with E-state index < -0.39 is 11.9 Å². The molecule has 0 spiro atoms. The predicted molar refractivity (Wildman–Crippen MR) is 49.1 cm³/mol. The lowest BCUT2D eigenvalue weighted by Crippen LogP contribution is -2.19. The Bertz CT molecular complexity index is 371. The molecule has 0 heterocycles. The molecule has 0 saturated heterocycles. The topological polar surface area (TPSA) is 108 Å². The van der Waals surface area contributed by atoms with Gasteiger partial charge in [0.15, 0.2) is 0 Å². The molecule has 1 aromatic rings. The number of carbonyl (C=O) groups is 2. The van der Waals surface area contributed by atoms with E-state index in [0.29, 0.717) is 5.69 Å². The summed E-state index contributed by atoms with van der Waals surface area (Å²) >= 11 is 0. The second kappa shape index (κ2) is 4.13. The van der Waals surface area contributed by atoms with Crippen LogP contribution in [0.2, 0.25) is 0 Å². The molecule has 6 heteroatoms. The van der Waals surface area contributed by atoms with Crippen LogP contribution >= 0.6 is 0 Å². The average Bonchev–Trinajstić information content (AvgIpc) is 2.17. The van der Waals surface area contributed by atoms with E-state index in [1.54, 1.807) is 0 Å². The Morgan fingerprint density at radius 1 is 1.29 bits per heavy atom. The van der Waals surface area contributed by atoms with Crippen LogP contribution in [0.1, 0.15) is 10.4 Å². The van der Waals surface area contributed by atoms with Crippen LogP contribution < -0.4 is 11.1 Å². The highest BCUT2D eigenvalue weighted by atomic mass is 16.2. The molecule has 0 aliphatic heterocycles. The Morgan fingerprint density at radius 3 is 2.29 bits per heavy atom. The molecule has 1 rings (SSSR count). The summed E-state index contributed by atoms with van der Waals surface area (Å²) in [5.74, 6) is -0.629. The number of carbonyl (C=O) groups excluding carboxylic acids is 2. The summed E-state index contributed by atoms with van der Waals surface area (Å²) < 4.78 is 0. The molecular formula is C8H8N4O2. The number of hydrogen-bond acceptors (Lipinski definition) is 3. The van der Waals surface area contributed by atoms with Crippen molar-refractivity contribution in [2.75, 3.05) is 5.32 Å². The van der Waals surface area contributed by atoms with Gasteiger partial charge < -0.3 is 11.1 Å². The number of nitrogens with one attached hydrogen (secondary N) is 2. The molecule has 0 saturated carbocycles. The van der Waals surface area contributed by atoms with Crippen LogP contribution in [0, 0.1) is 5.53 Å². The number of nitrogens with zero attached hydrogens (tertiary/aromatic N) is 1. The van der Waals surface area contributed by atoms with E-state index in [1.165, 1.54) is 24.3 Å². The van der Waals surface area contributed by atoms with E-state index in [2.05, 4.69) is 10.4 Å². The molecule has 14 heavy (non-hydrogen) atoms. The molecule has 4 N–H and O–H groups in total. The molecule has 0 aliphatic carbocycles. The minimum absolute atomic E-state index is 0.287. The van der Waals surface area contributed by atoms with Gasteiger partial charge in [-0.25, -0.2) is 10.3 Å². The van der Waals surface area contributed by atoms with E-state index in [4.69, 9.17) is 11.3 Å². The first-order chi connectivity index (χ1) is 6.63. The number of primary amides is 1. The van der Waals surface area contributed by atoms with Gasteiger partial charge in [0.25, 0.3) is 5.91 Å². The highest BCUT2D eigenvalue weighted by molar-refractivity contribution is 5.95. The summed E-state index contributed by atoms with van der Waals surface area (Å²) in [6.07, 6.45) is 0. The zero-order chi connectivity index (χ0) is 10.6. The number of benzene rings is 1. The molecule has 0 atom stereocenters. The quantitative estimate of drug-likeness (QED) is 0.614. The molecule has 0 aliphatic rings. The normalized spacial score (nSPS) is 9.14. The fraction of sp³-hybridized carbons (Fsp3) is 0. The summed E-state index contributed by atoms with van der Waals surface area (Å²) in [5.41, 5.74) is 12.2. The fourth-order valence-corrected chi connectivity index (χ4v) is 0.903. The largest absolute Gasteiger partial charge is 0.351 e. The van der Waals surface area contributed by atoms with Gasteiger partial charge in [0.1, 0.15) is 0 Å². The zero-order valence-corrected chi connectivity index (χ0v) is 7.15. The fourth-order valence-electron chi connectivity index (χ4n) is 0.903. The molecule has 0 unspecified atom stereocenters. The van der Waals surface area contributed by atoms with Gasteiger partial charge in [-0.05, 0) is 24.3 Å². The van der Waals surface area contributed by atoms with Crippen molar-refractivity contribution in [2.24, 2.45) is 10.8 Å². The standard InChI is InChI=1S/C8H8N4O2/c9-8(14)11-6-3-1-5(2-4-6)7(13)12-10/h1-4,10H,(H3,9,11,14). The molecule has 0 aromatic heterocycles. The second-order valence-electron chi connectivity index (χ2n) is 2.48. The number of amides is 3. The monoisotopic (exact) mass is 192 g/mol. The van der Waals surface area contributed by atoms with Crippen LogP contribution in [0.25, 0.3) is 0 Å². The van der Waals surface area contributed by atoms with Crippen molar-refractivity contribution in [1.29, 1.82) is 5.53 Å². The lowest BCUT2D eigenvalue weighted by Gasteiger charge is -2.00. The molecular weight excluding hydrogens is 184 g/mol. The average molecular weight is 192 g/mol. The van der Waals surface area contributed by atoms with Gasteiger partial charge in [-0.1, -0.05) is 0 Å². The molecule has 72 valence electrons. The SMILES string of the molecule is N=NC(=O)c1ccc(NC(N)=O)cc1. The molecule has 3 amide bonds. The summed E-state index contributed by atoms with van der Waals surface area (Å²) in [6.45, 7) is 0. The maximum absolute atomic E-state index is 10.9. The summed E-state index contributed by atoms with van der Waals surface area (Å²) in [5, 5.41) is 5.09. The van der Waals surface area contributed by atoms with Gasteiger partial charge in [0, 0.05) is 11.3 Å². The Morgan fingerprint density at radius 2 is 1.86 bits per heavy atom. The van der Waals surface area contributed by atoms with Gasteiger partial charge in [0.2, 0.25) is 0 Å². The van der Waals surface area contributed by atoms with Gasteiger partial charge >= 0.3 is 6.03 Å². The number of urea groups is 1. The first-order valence-corrected chi connectivity index (χ1v) is 3.72. The summed E-state index contributed by atoms with van der Waals surface area (Å²) in [4.78, 5) is 21.3. The highest BCUT2D eigenvalue weighted by Gasteiger charge is 2.03. The Kier molecular flexibility index (Phi) is 2.90. The van der Waals surface area contributed by atoms with Gasteiger partial charge in [-0.3, -0.25) is 4.79 Å². The zero-order valence-electron chi connectivity index (χ0n) is 7.15. The number of nitrogens with two attached hydrogens (primary N) is 1. The first-order valence-electron chi connectivity index (χ1n) is 3.72. The van der Waals surface area contributed by atoms with Crippen molar-refractivity contribution in [3.63, 3.8) is 0 Å². The van der Waals surface area contributed by atoms with Crippen molar-refractivity contribution in [3.05, 3.63) is 29.8 Å². The minimum Gasteiger partial charge on any atom is -0.351 e. The first kappa shape index (κ1) is 9.85.